The molecule has 0 spiro atoms. The summed E-state index contributed by atoms with van der Waals surface area (Å²) in [5, 5.41) is 14.6. The van der Waals surface area contributed by atoms with Gasteiger partial charge in [-0.15, -0.1) is 0 Å². The third-order valence-corrected chi connectivity index (χ3v) is 1.82. The van der Waals surface area contributed by atoms with E-state index in [1.165, 1.54) is 0 Å². The highest BCUT2D eigenvalue weighted by Gasteiger charge is 2.04. The molecule has 1 unspecified atom stereocenters. The van der Waals surface area contributed by atoms with Crippen LogP contribution in [0.2, 0.25) is 0 Å². The van der Waals surface area contributed by atoms with Gasteiger partial charge >= 0.3 is 0 Å². The van der Waals surface area contributed by atoms with Crippen molar-refractivity contribution in [3.05, 3.63) is 0 Å². The molecule has 0 aliphatic heterocycles. The summed E-state index contributed by atoms with van der Waals surface area (Å²) in [6.07, 6.45) is 0.525. The lowest BCUT2D eigenvalue weighted by molar-refractivity contribution is -0.120. The molecule has 4 heteroatoms. The summed E-state index contributed by atoms with van der Waals surface area (Å²) in [5.41, 5.74) is 0. The zero-order valence-electron chi connectivity index (χ0n) is 8.63. The van der Waals surface area contributed by atoms with E-state index in [2.05, 4.69) is 17.6 Å². The predicted molar refractivity (Wildman–Crippen MR) is 52.4 cm³/mol. The fourth-order valence-electron chi connectivity index (χ4n) is 0.735. The van der Waals surface area contributed by atoms with Gasteiger partial charge in [0.25, 0.3) is 0 Å². The lowest BCUT2D eigenvalue weighted by Gasteiger charge is -2.11. The van der Waals surface area contributed by atoms with Crippen LogP contribution in [-0.4, -0.2) is 36.2 Å². The fourth-order valence-corrected chi connectivity index (χ4v) is 0.735. The van der Waals surface area contributed by atoms with Crippen molar-refractivity contribution in [2.75, 3.05) is 13.1 Å². The standard InChI is InChI=1S/C9H20N2O2/c1-4-7(2)10-6-9(13)11-5-8(3)12/h7-8,10,12H,4-6H2,1-3H3,(H,11,13)/t7?,8-/m0/s1. The van der Waals surface area contributed by atoms with Gasteiger partial charge in [-0.1, -0.05) is 6.92 Å². The Balaban J connectivity index is 3.40. The highest BCUT2D eigenvalue weighted by molar-refractivity contribution is 5.78. The summed E-state index contributed by atoms with van der Waals surface area (Å²) in [6, 6.07) is 0.359. The highest BCUT2D eigenvalue weighted by atomic mass is 16.3. The molecule has 0 aromatic carbocycles. The molecule has 4 nitrogen and oxygen atoms in total. The van der Waals surface area contributed by atoms with E-state index < -0.39 is 6.10 Å². The van der Waals surface area contributed by atoms with Crippen LogP contribution < -0.4 is 10.6 Å². The van der Waals surface area contributed by atoms with E-state index in [1.807, 2.05) is 6.92 Å². The smallest absolute Gasteiger partial charge is 0.234 e. The van der Waals surface area contributed by atoms with E-state index in [4.69, 9.17) is 5.11 Å². The number of aliphatic hydroxyl groups excluding tert-OH is 1. The van der Waals surface area contributed by atoms with Crippen molar-refractivity contribution in [3.8, 4) is 0 Å². The second kappa shape index (κ2) is 6.86. The van der Waals surface area contributed by atoms with Crippen molar-refractivity contribution in [2.24, 2.45) is 0 Å². The number of carbonyl (C=O) groups excluding carboxylic acids is 1. The van der Waals surface area contributed by atoms with Crippen LogP contribution in [0.15, 0.2) is 0 Å². The lowest BCUT2D eigenvalue weighted by Crippen LogP contribution is -2.40. The molecule has 78 valence electrons. The second-order valence-electron chi connectivity index (χ2n) is 3.34. The molecule has 0 aromatic rings. The van der Waals surface area contributed by atoms with Crippen molar-refractivity contribution in [1.29, 1.82) is 0 Å². The third-order valence-electron chi connectivity index (χ3n) is 1.82. The Morgan fingerprint density at radius 3 is 2.54 bits per heavy atom. The normalized spacial score (nSPS) is 15.1. The first-order chi connectivity index (χ1) is 6.06. The first-order valence-electron chi connectivity index (χ1n) is 4.74. The monoisotopic (exact) mass is 188 g/mol. The molecule has 0 heterocycles. The minimum Gasteiger partial charge on any atom is -0.392 e. The number of amides is 1. The fraction of sp³-hybridized carbons (Fsp3) is 0.889. The van der Waals surface area contributed by atoms with Crippen molar-refractivity contribution in [1.82, 2.24) is 10.6 Å². The molecule has 0 rings (SSSR count). The van der Waals surface area contributed by atoms with Crippen molar-refractivity contribution < 1.29 is 9.90 Å². The molecular formula is C9H20N2O2. The van der Waals surface area contributed by atoms with Gasteiger partial charge in [0.15, 0.2) is 0 Å². The molecule has 0 aromatic heterocycles. The molecule has 3 N–H and O–H groups in total. The maximum absolute atomic E-state index is 11.1. The molecule has 1 amide bonds. The van der Waals surface area contributed by atoms with E-state index in [0.717, 1.165) is 6.42 Å². The minimum absolute atomic E-state index is 0.0683. The SMILES string of the molecule is CCC(C)NCC(=O)NC[C@H](C)O. The van der Waals surface area contributed by atoms with Crippen LogP contribution in [-0.2, 0) is 4.79 Å². The van der Waals surface area contributed by atoms with Crippen LogP contribution in [0.5, 0.6) is 0 Å². The van der Waals surface area contributed by atoms with E-state index in [1.54, 1.807) is 6.92 Å². The lowest BCUT2D eigenvalue weighted by atomic mass is 10.2. The average Bonchev–Trinajstić information content (AvgIpc) is 2.10. The Kier molecular flexibility index (Phi) is 6.54. The van der Waals surface area contributed by atoms with E-state index in [0.29, 0.717) is 19.1 Å². The molecule has 0 aliphatic rings. The Hall–Kier alpha value is -0.610. The van der Waals surface area contributed by atoms with Gasteiger partial charge in [-0.05, 0) is 20.3 Å². The molecule has 0 fully saturated rings. The number of carbonyl (C=O) groups is 1. The average molecular weight is 188 g/mol. The van der Waals surface area contributed by atoms with Crippen molar-refractivity contribution >= 4 is 5.91 Å². The molecule has 13 heavy (non-hydrogen) atoms. The van der Waals surface area contributed by atoms with Gasteiger partial charge in [0.05, 0.1) is 12.6 Å². The Morgan fingerprint density at radius 2 is 2.08 bits per heavy atom. The second-order valence-corrected chi connectivity index (χ2v) is 3.34. The summed E-state index contributed by atoms with van der Waals surface area (Å²) in [5.74, 6) is -0.0683. The summed E-state index contributed by atoms with van der Waals surface area (Å²) in [7, 11) is 0. The van der Waals surface area contributed by atoms with Crippen LogP contribution in [0.3, 0.4) is 0 Å². The molecule has 0 radical (unpaired) electrons. The van der Waals surface area contributed by atoms with E-state index in [-0.39, 0.29) is 5.91 Å². The van der Waals surface area contributed by atoms with Gasteiger partial charge in [-0.3, -0.25) is 4.79 Å². The summed E-state index contributed by atoms with van der Waals surface area (Å²) < 4.78 is 0. The van der Waals surface area contributed by atoms with Crippen molar-refractivity contribution in [2.45, 2.75) is 39.3 Å². The van der Waals surface area contributed by atoms with Crippen LogP contribution in [0.25, 0.3) is 0 Å². The summed E-state index contributed by atoms with van der Waals surface area (Å²) in [6.45, 7) is 6.37. The highest BCUT2D eigenvalue weighted by Crippen LogP contribution is 1.85. The van der Waals surface area contributed by atoms with Crippen LogP contribution in [0.1, 0.15) is 27.2 Å². The third kappa shape index (κ3) is 7.74. The zero-order valence-corrected chi connectivity index (χ0v) is 8.63. The quantitative estimate of drug-likeness (QED) is 0.544. The maximum atomic E-state index is 11.1. The van der Waals surface area contributed by atoms with Crippen LogP contribution in [0, 0.1) is 0 Å². The minimum atomic E-state index is -0.479. The molecule has 0 aliphatic carbocycles. The molecule has 0 saturated carbocycles. The molecule has 2 atom stereocenters. The number of nitrogens with one attached hydrogen (secondary N) is 2. The largest absolute Gasteiger partial charge is 0.392 e. The van der Waals surface area contributed by atoms with Gasteiger partial charge in [-0.25, -0.2) is 0 Å². The summed E-state index contributed by atoms with van der Waals surface area (Å²) in [4.78, 5) is 11.1. The first-order valence-corrected chi connectivity index (χ1v) is 4.74. The number of hydrogen-bond acceptors (Lipinski definition) is 3. The Labute approximate surface area is 79.7 Å². The maximum Gasteiger partial charge on any atom is 0.234 e. The van der Waals surface area contributed by atoms with Gasteiger partial charge < -0.3 is 15.7 Å². The predicted octanol–water partition coefficient (Wildman–Crippen LogP) is -0.128. The molecular weight excluding hydrogens is 168 g/mol. The van der Waals surface area contributed by atoms with E-state index >= 15 is 0 Å². The number of hydrogen-bond donors (Lipinski definition) is 3. The first kappa shape index (κ1) is 12.4. The molecule has 0 bridgehead atoms. The number of rotatable bonds is 6. The Bertz CT molecular complexity index is 149. The van der Waals surface area contributed by atoms with E-state index in [9.17, 15) is 4.79 Å². The Morgan fingerprint density at radius 1 is 1.46 bits per heavy atom. The molecule has 0 saturated heterocycles. The van der Waals surface area contributed by atoms with Gasteiger partial charge in [0.2, 0.25) is 5.91 Å². The van der Waals surface area contributed by atoms with Crippen LogP contribution >= 0.6 is 0 Å². The summed E-state index contributed by atoms with van der Waals surface area (Å²) >= 11 is 0. The number of aliphatic hydroxyl groups is 1. The van der Waals surface area contributed by atoms with Gasteiger partial charge in [-0.2, -0.15) is 0 Å². The topological polar surface area (TPSA) is 61.4 Å². The zero-order chi connectivity index (χ0) is 10.3. The van der Waals surface area contributed by atoms with Gasteiger partial charge in [0, 0.05) is 12.6 Å². The van der Waals surface area contributed by atoms with Gasteiger partial charge in [0.1, 0.15) is 0 Å². The van der Waals surface area contributed by atoms with Crippen molar-refractivity contribution in [3.63, 3.8) is 0 Å². The van der Waals surface area contributed by atoms with Crippen LogP contribution in [0.4, 0.5) is 0 Å².